The molecule has 1 aromatic heterocycles. The van der Waals surface area contributed by atoms with Crippen LogP contribution in [0.5, 0.6) is 0 Å². The number of nitrogens with zero attached hydrogens (tertiary/aromatic N) is 2. The van der Waals surface area contributed by atoms with Crippen LogP contribution >= 0.6 is 35.3 Å². The van der Waals surface area contributed by atoms with Gasteiger partial charge in [-0.3, -0.25) is 9.79 Å². The molecule has 0 radical (unpaired) electrons. The van der Waals surface area contributed by atoms with Crippen molar-refractivity contribution in [3.63, 3.8) is 0 Å². The third-order valence-corrected chi connectivity index (χ3v) is 5.47. The average molecular weight is 493 g/mol. The topological polar surface area (TPSA) is 68.8 Å². The first-order valence-corrected chi connectivity index (χ1v) is 10.0. The summed E-state index contributed by atoms with van der Waals surface area (Å²) in [5.74, 6) is 0.868. The molecule has 6 nitrogen and oxygen atoms in total. The number of hydrogen-bond donors (Lipinski definition) is 3. The fourth-order valence-electron chi connectivity index (χ4n) is 2.83. The Labute approximate surface area is 178 Å². The highest BCUT2D eigenvalue weighted by molar-refractivity contribution is 14.0. The maximum atomic E-state index is 11.8. The van der Waals surface area contributed by atoms with Crippen LogP contribution in [0.1, 0.15) is 39.5 Å². The van der Waals surface area contributed by atoms with Crippen LogP contribution in [0.2, 0.25) is 0 Å². The van der Waals surface area contributed by atoms with Crippen molar-refractivity contribution in [3.8, 4) is 0 Å². The highest BCUT2D eigenvalue weighted by atomic mass is 127. The summed E-state index contributed by atoms with van der Waals surface area (Å²) in [6.07, 6.45) is 3.59. The van der Waals surface area contributed by atoms with E-state index in [2.05, 4.69) is 50.3 Å². The van der Waals surface area contributed by atoms with Crippen LogP contribution in [0, 0.1) is 0 Å². The Morgan fingerprint density at radius 2 is 2.15 bits per heavy atom. The molecule has 0 saturated carbocycles. The third-order valence-electron chi connectivity index (χ3n) is 4.54. The van der Waals surface area contributed by atoms with Crippen LogP contribution in [0.25, 0.3) is 0 Å². The molecule has 148 valence electrons. The van der Waals surface area contributed by atoms with Gasteiger partial charge in [0.25, 0.3) is 0 Å². The van der Waals surface area contributed by atoms with Crippen LogP contribution < -0.4 is 20.9 Å². The summed E-state index contributed by atoms with van der Waals surface area (Å²) >= 11 is 1.80. The van der Waals surface area contributed by atoms with Gasteiger partial charge in [0.05, 0.1) is 5.00 Å². The maximum Gasteiger partial charge on any atom is 0.221 e. The molecule has 2 rings (SSSR count). The van der Waals surface area contributed by atoms with Crippen LogP contribution in [0.15, 0.2) is 22.5 Å². The number of halogens is 1. The Balaban J connectivity index is 0.00000338. The molecule has 1 saturated heterocycles. The number of thiophene rings is 1. The van der Waals surface area contributed by atoms with E-state index in [0.29, 0.717) is 19.0 Å². The van der Waals surface area contributed by atoms with Gasteiger partial charge in [-0.25, -0.2) is 0 Å². The molecule has 3 N–H and O–H groups in total. The zero-order chi connectivity index (χ0) is 18.1. The minimum Gasteiger partial charge on any atom is -0.363 e. The van der Waals surface area contributed by atoms with Crippen LogP contribution in [-0.4, -0.2) is 50.6 Å². The van der Waals surface area contributed by atoms with E-state index in [1.54, 1.807) is 18.4 Å². The van der Waals surface area contributed by atoms with Gasteiger partial charge in [0.1, 0.15) is 0 Å². The summed E-state index contributed by atoms with van der Waals surface area (Å²) in [4.78, 5) is 18.5. The van der Waals surface area contributed by atoms with Crippen molar-refractivity contribution >= 4 is 52.2 Å². The lowest BCUT2D eigenvalue weighted by molar-refractivity contribution is -0.121. The van der Waals surface area contributed by atoms with Gasteiger partial charge in [0.15, 0.2) is 5.96 Å². The zero-order valence-electron chi connectivity index (χ0n) is 16.0. The first kappa shape index (κ1) is 23.0. The van der Waals surface area contributed by atoms with Crippen molar-refractivity contribution in [1.29, 1.82) is 0 Å². The Kier molecular flexibility index (Phi) is 11.0. The number of carbonyl (C=O) groups is 1. The van der Waals surface area contributed by atoms with Gasteiger partial charge in [-0.2, -0.15) is 0 Å². The molecule has 1 fully saturated rings. The van der Waals surface area contributed by atoms with Gasteiger partial charge in [-0.1, -0.05) is 6.92 Å². The second-order valence-electron chi connectivity index (χ2n) is 6.48. The molecule has 1 amide bonds. The van der Waals surface area contributed by atoms with E-state index >= 15 is 0 Å². The Hall–Kier alpha value is -1.03. The summed E-state index contributed by atoms with van der Waals surface area (Å²) in [6, 6.07) is 4.95. The number of amides is 1. The summed E-state index contributed by atoms with van der Waals surface area (Å²) in [6.45, 7) is 6.81. The van der Waals surface area contributed by atoms with Crippen LogP contribution in [0.4, 0.5) is 5.00 Å². The average Bonchev–Trinajstić information content (AvgIpc) is 3.16. The van der Waals surface area contributed by atoms with Crippen molar-refractivity contribution in [2.24, 2.45) is 4.99 Å². The molecule has 0 aliphatic carbocycles. The maximum absolute atomic E-state index is 11.8. The summed E-state index contributed by atoms with van der Waals surface area (Å²) in [7, 11) is 1.77. The van der Waals surface area contributed by atoms with Crippen LogP contribution in [0.3, 0.4) is 0 Å². The lowest BCUT2D eigenvalue weighted by Gasteiger charge is -2.33. The van der Waals surface area contributed by atoms with Gasteiger partial charge in [-0.05, 0) is 43.7 Å². The largest absolute Gasteiger partial charge is 0.363 e. The summed E-state index contributed by atoms with van der Waals surface area (Å²) in [5, 5.41) is 13.2. The number of anilines is 1. The van der Waals surface area contributed by atoms with Crippen molar-refractivity contribution < 1.29 is 4.79 Å². The number of rotatable bonds is 7. The molecule has 1 aromatic rings. The van der Waals surface area contributed by atoms with Crippen molar-refractivity contribution in [2.75, 3.05) is 31.6 Å². The van der Waals surface area contributed by atoms with Gasteiger partial charge >= 0.3 is 0 Å². The molecular formula is C18H32IN5OS. The second-order valence-corrected chi connectivity index (χ2v) is 7.41. The van der Waals surface area contributed by atoms with Crippen molar-refractivity contribution in [1.82, 2.24) is 16.0 Å². The van der Waals surface area contributed by atoms with E-state index in [1.807, 2.05) is 6.92 Å². The normalized spacial score (nSPS) is 16.6. The summed E-state index contributed by atoms with van der Waals surface area (Å²) < 4.78 is 0. The minimum atomic E-state index is 0. The highest BCUT2D eigenvalue weighted by Gasteiger charge is 2.20. The minimum absolute atomic E-state index is 0. The number of piperidine rings is 1. The molecule has 1 atom stereocenters. The molecule has 1 aliphatic rings. The van der Waals surface area contributed by atoms with Crippen LogP contribution in [-0.2, 0) is 4.79 Å². The number of carbonyl (C=O) groups excluding carboxylic acids is 1. The lowest BCUT2D eigenvalue weighted by atomic mass is 10.1. The smallest absolute Gasteiger partial charge is 0.221 e. The quantitative estimate of drug-likeness (QED) is 0.311. The van der Waals surface area contributed by atoms with Gasteiger partial charge in [0.2, 0.25) is 5.91 Å². The monoisotopic (exact) mass is 493 g/mol. The number of hydrogen-bond acceptors (Lipinski definition) is 4. The van der Waals surface area contributed by atoms with Gasteiger partial charge < -0.3 is 20.9 Å². The van der Waals surface area contributed by atoms with E-state index in [9.17, 15) is 4.79 Å². The van der Waals surface area contributed by atoms with Gasteiger partial charge in [-0.15, -0.1) is 35.3 Å². The fraction of sp³-hybridized carbons (Fsp3) is 0.667. The fourth-order valence-corrected chi connectivity index (χ4v) is 3.61. The summed E-state index contributed by atoms with van der Waals surface area (Å²) in [5.41, 5.74) is 0. The van der Waals surface area contributed by atoms with Crippen molar-refractivity contribution in [3.05, 3.63) is 17.5 Å². The molecule has 1 unspecified atom stereocenters. The van der Waals surface area contributed by atoms with E-state index < -0.39 is 0 Å². The number of aliphatic imine (C=N–C) groups is 1. The molecule has 0 bridgehead atoms. The first-order valence-electron chi connectivity index (χ1n) is 9.17. The molecule has 0 aromatic carbocycles. The van der Waals surface area contributed by atoms with E-state index in [0.717, 1.165) is 38.3 Å². The van der Waals surface area contributed by atoms with E-state index in [4.69, 9.17) is 0 Å². The third kappa shape index (κ3) is 7.69. The van der Waals surface area contributed by atoms with E-state index in [-0.39, 0.29) is 35.9 Å². The number of nitrogens with one attached hydrogen (secondary N) is 3. The predicted octanol–water partition coefficient (Wildman–Crippen LogP) is 2.80. The number of guanidine groups is 1. The standard InChI is InChI=1S/C18H31N5OS.HI/c1-4-14(2)21-16(24)7-10-20-18(19-3)22-15-8-11-23(12-9-15)17-6-5-13-25-17;/h5-6,13-15H,4,7-12H2,1-3H3,(H,21,24)(H2,19,20,22);1H. The van der Waals surface area contributed by atoms with E-state index in [1.165, 1.54) is 5.00 Å². The lowest BCUT2D eigenvalue weighted by Crippen LogP contribution is -2.49. The predicted molar refractivity (Wildman–Crippen MR) is 122 cm³/mol. The zero-order valence-corrected chi connectivity index (χ0v) is 19.1. The SMILES string of the molecule is CCC(C)NC(=O)CCNC(=NC)NC1CCN(c2cccs2)CC1.I. The van der Waals surface area contributed by atoms with Crippen molar-refractivity contribution in [2.45, 2.75) is 51.6 Å². The molecule has 2 heterocycles. The second kappa shape index (κ2) is 12.4. The molecule has 0 spiro atoms. The Bertz CT molecular complexity index is 544. The first-order chi connectivity index (χ1) is 12.1. The Morgan fingerprint density at radius 3 is 2.73 bits per heavy atom. The molecular weight excluding hydrogens is 461 g/mol. The Morgan fingerprint density at radius 1 is 1.42 bits per heavy atom. The highest BCUT2D eigenvalue weighted by Crippen LogP contribution is 2.24. The molecule has 8 heteroatoms. The molecule has 26 heavy (non-hydrogen) atoms. The molecule has 1 aliphatic heterocycles. The van der Waals surface area contributed by atoms with Gasteiger partial charge in [0, 0.05) is 45.2 Å².